The maximum atomic E-state index is 14.0. The van der Waals surface area contributed by atoms with Crippen molar-refractivity contribution in [2.24, 2.45) is 0 Å². The fourth-order valence-corrected chi connectivity index (χ4v) is 2.41. The monoisotopic (exact) mass is 279 g/mol. The molecule has 1 fully saturated rings. The van der Waals surface area contributed by atoms with Gasteiger partial charge in [-0.1, -0.05) is 30.3 Å². The molecule has 5 heteroatoms. The Morgan fingerprint density at radius 1 is 1.40 bits per heavy atom. The van der Waals surface area contributed by atoms with Crippen LogP contribution in [0.3, 0.4) is 0 Å². The predicted octanol–water partition coefficient (Wildman–Crippen LogP) is 2.08. The Morgan fingerprint density at radius 3 is 2.65 bits per heavy atom. The Bertz CT molecular complexity index is 501. The van der Waals surface area contributed by atoms with Crippen molar-refractivity contribution in [2.45, 2.75) is 38.6 Å². The number of esters is 1. The fraction of sp³-hybridized carbons (Fsp3) is 0.467. The normalized spacial score (nSPS) is 25.6. The van der Waals surface area contributed by atoms with Gasteiger partial charge in [-0.05, 0) is 12.5 Å². The molecule has 4 nitrogen and oxygen atoms in total. The average molecular weight is 279 g/mol. The van der Waals surface area contributed by atoms with Crippen molar-refractivity contribution in [1.29, 1.82) is 0 Å². The number of likely N-dealkylation sites (tertiary alicyclic amines) is 1. The quantitative estimate of drug-likeness (QED) is 0.796. The van der Waals surface area contributed by atoms with Crippen LogP contribution in [0.25, 0.3) is 0 Å². The van der Waals surface area contributed by atoms with Crippen molar-refractivity contribution < 1.29 is 18.7 Å². The number of alkyl halides is 1. The van der Waals surface area contributed by atoms with Crippen molar-refractivity contribution in [3.8, 4) is 0 Å². The first-order valence-electron chi connectivity index (χ1n) is 6.56. The molecule has 1 amide bonds. The van der Waals surface area contributed by atoms with E-state index in [0.717, 1.165) is 5.56 Å². The van der Waals surface area contributed by atoms with Crippen molar-refractivity contribution in [2.75, 3.05) is 6.54 Å². The maximum absolute atomic E-state index is 14.0. The predicted molar refractivity (Wildman–Crippen MR) is 71.5 cm³/mol. The molecule has 1 aromatic rings. The molecule has 0 spiro atoms. The number of benzene rings is 1. The molecule has 1 aliphatic heterocycles. The highest BCUT2D eigenvalue weighted by atomic mass is 19.1. The minimum absolute atomic E-state index is 0.0137. The molecule has 0 aliphatic carbocycles. The summed E-state index contributed by atoms with van der Waals surface area (Å²) in [5, 5.41) is 0. The number of hydrogen-bond acceptors (Lipinski definition) is 3. The summed E-state index contributed by atoms with van der Waals surface area (Å²) in [4.78, 5) is 24.8. The topological polar surface area (TPSA) is 46.6 Å². The molecule has 0 radical (unpaired) electrons. The second-order valence-corrected chi connectivity index (χ2v) is 5.37. The van der Waals surface area contributed by atoms with Crippen LogP contribution in [0.4, 0.5) is 4.39 Å². The van der Waals surface area contributed by atoms with Crippen LogP contribution in [0, 0.1) is 0 Å². The lowest BCUT2D eigenvalue weighted by atomic mass is 10.1. The largest absolute Gasteiger partial charge is 0.459 e. The van der Waals surface area contributed by atoms with Crippen LogP contribution < -0.4 is 0 Å². The van der Waals surface area contributed by atoms with Crippen molar-refractivity contribution >= 4 is 11.9 Å². The first-order chi connectivity index (χ1) is 9.39. The summed E-state index contributed by atoms with van der Waals surface area (Å²) in [6, 6.07) is 8.41. The summed E-state index contributed by atoms with van der Waals surface area (Å²) < 4.78 is 19.2. The van der Waals surface area contributed by atoms with Gasteiger partial charge in [0.15, 0.2) is 0 Å². The average Bonchev–Trinajstić information content (AvgIpc) is 2.74. The summed E-state index contributed by atoms with van der Waals surface area (Å²) in [6.07, 6.45) is -0.0137. The van der Waals surface area contributed by atoms with E-state index in [4.69, 9.17) is 4.74 Å². The maximum Gasteiger partial charge on any atom is 0.329 e. The van der Waals surface area contributed by atoms with Gasteiger partial charge in [0.1, 0.15) is 18.3 Å². The third kappa shape index (κ3) is 3.35. The van der Waals surface area contributed by atoms with Crippen molar-refractivity contribution in [3.05, 3.63) is 35.9 Å². The lowest BCUT2D eigenvalue weighted by Crippen LogP contribution is -2.40. The molecule has 0 N–H and O–H groups in total. The molecular formula is C15H18FNO3. The van der Waals surface area contributed by atoms with Crippen LogP contribution in [0.1, 0.15) is 25.8 Å². The van der Waals surface area contributed by atoms with E-state index in [-0.39, 0.29) is 25.5 Å². The van der Waals surface area contributed by atoms with E-state index in [1.165, 1.54) is 18.7 Å². The summed E-state index contributed by atoms with van der Waals surface area (Å²) in [6.45, 7) is 2.80. The lowest BCUT2D eigenvalue weighted by molar-refractivity contribution is -0.154. The molecule has 0 aromatic heterocycles. The van der Waals surface area contributed by atoms with Gasteiger partial charge in [-0.25, -0.2) is 9.18 Å². The lowest BCUT2D eigenvalue weighted by Gasteiger charge is -2.21. The summed E-state index contributed by atoms with van der Waals surface area (Å²) in [5.74, 6) is -0.863. The van der Waals surface area contributed by atoms with Crippen molar-refractivity contribution in [3.63, 3.8) is 0 Å². The SMILES string of the molecule is CC(=O)N1CC(C)(F)CC1C(=O)OCc1ccccc1. The Balaban J connectivity index is 1.99. The third-order valence-electron chi connectivity index (χ3n) is 3.40. The molecule has 2 atom stereocenters. The van der Waals surface area contributed by atoms with E-state index in [1.807, 2.05) is 30.3 Å². The van der Waals surface area contributed by atoms with Gasteiger partial charge in [-0.2, -0.15) is 0 Å². The van der Waals surface area contributed by atoms with E-state index in [9.17, 15) is 14.0 Å². The highest BCUT2D eigenvalue weighted by Crippen LogP contribution is 2.31. The van der Waals surface area contributed by atoms with Gasteiger partial charge in [-0.15, -0.1) is 0 Å². The standard InChI is InChI=1S/C15H18FNO3/c1-11(18)17-10-15(2,16)8-13(17)14(19)20-9-12-6-4-3-5-7-12/h3-7,13H,8-10H2,1-2H3. The molecule has 1 aromatic carbocycles. The van der Waals surface area contributed by atoms with Crippen molar-refractivity contribution in [1.82, 2.24) is 4.90 Å². The van der Waals surface area contributed by atoms with Gasteiger partial charge in [0.2, 0.25) is 5.91 Å². The zero-order valence-corrected chi connectivity index (χ0v) is 11.6. The van der Waals surface area contributed by atoms with Gasteiger partial charge in [0.25, 0.3) is 0 Å². The number of amides is 1. The Hall–Kier alpha value is -1.91. The van der Waals surface area contributed by atoms with Crippen LogP contribution in [-0.2, 0) is 20.9 Å². The molecule has 0 saturated carbocycles. The van der Waals surface area contributed by atoms with Gasteiger partial charge in [0, 0.05) is 13.3 Å². The van der Waals surface area contributed by atoms with E-state index in [0.29, 0.717) is 0 Å². The molecule has 108 valence electrons. The third-order valence-corrected chi connectivity index (χ3v) is 3.40. The fourth-order valence-electron chi connectivity index (χ4n) is 2.41. The highest BCUT2D eigenvalue weighted by molar-refractivity contribution is 5.84. The molecule has 2 unspecified atom stereocenters. The van der Waals surface area contributed by atoms with Crippen LogP contribution in [0.2, 0.25) is 0 Å². The molecule has 20 heavy (non-hydrogen) atoms. The van der Waals surface area contributed by atoms with Gasteiger partial charge < -0.3 is 9.64 Å². The molecule has 1 heterocycles. The second kappa shape index (κ2) is 5.61. The smallest absolute Gasteiger partial charge is 0.329 e. The summed E-state index contributed by atoms with van der Waals surface area (Å²) >= 11 is 0. The Kier molecular flexibility index (Phi) is 4.06. The van der Waals surface area contributed by atoms with E-state index < -0.39 is 17.7 Å². The molecule has 1 aliphatic rings. The van der Waals surface area contributed by atoms with Crippen LogP contribution in [0.15, 0.2) is 30.3 Å². The van der Waals surface area contributed by atoms with Crippen LogP contribution in [-0.4, -0.2) is 35.0 Å². The second-order valence-electron chi connectivity index (χ2n) is 5.37. The zero-order valence-electron chi connectivity index (χ0n) is 11.6. The van der Waals surface area contributed by atoms with Crippen LogP contribution in [0.5, 0.6) is 0 Å². The first-order valence-corrected chi connectivity index (χ1v) is 6.56. The van der Waals surface area contributed by atoms with Gasteiger partial charge in [-0.3, -0.25) is 4.79 Å². The van der Waals surface area contributed by atoms with Gasteiger partial charge >= 0.3 is 5.97 Å². The first kappa shape index (κ1) is 14.5. The number of carbonyl (C=O) groups excluding carboxylic acids is 2. The van der Waals surface area contributed by atoms with E-state index in [2.05, 4.69) is 0 Å². The number of rotatable bonds is 3. The van der Waals surface area contributed by atoms with Gasteiger partial charge in [0.05, 0.1) is 6.54 Å². The van der Waals surface area contributed by atoms with Crippen LogP contribution >= 0.6 is 0 Å². The Labute approximate surface area is 117 Å². The number of nitrogens with zero attached hydrogens (tertiary/aromatic N) is 1. The number of halogens is 1. The molecular weight excluding hydrogens is 261 g/mol. The van der Waals surface area contributed by atoms with E-state index in [1.54, 1.807) is 0 Å². The number of ether oxygens (including phenoxy) is 1. The van der Waals surface area contributed by atoms with E-state index >= 15 is 0 Å². The summed E-state index contributed by atoms with van der Waals surface area (Å²) in [7, 11) is 0. The number of hydrogen-bond donors (Lipinski definition) is 0. The minimum Gasteiger partial charge on any atom is -0.459 e. The summed E-state index contributed by atoms with van der Waals surface area (Å²) in [5.41, 5.74) is -0.682. The number of carbonyl (C=O) groups is 2. The highest BCUT2D eigenvalue weighted by Gasteiger charge is 2.46. The minimum atomic E-state index is -1.54. The zero-order chi connectivity index (χ0) is 14.8. The Morgan fingerprint density at radius 2 is 2.05 bits per heavy atom. The molecule has 0 bridgehead atoms. The molecule has 2 rings (SSSR count). The molecule has 1 saturated heterocycles.